The third-order valence-electron chi connectivity index (χ3n) is 6.61. The van der Waals surface area contributed by atoms with Crippen LogP contribution in [0.2, 0.25) is 0 Å². The van der Waals surface area contributed by atoms with E-state index in [-0.39, 0.29) is 23.5 Å². The number of carbonyl (C=O) groups is 1. The minimum absolute atomic E-state index is 0.109. The Balaban J connectivity index is 1.54. The quantitative estimate of drug-likeness (QED) is 0.568. The van der Waals surface area contributed by atoms with Gasteiger partial charge in [-0.2, -0.15) is 0 Å². The molecule has 4 atom stereocenters. The zero-order valence-corrected chi connectivity index (χ0v) is 21.4. The van der Waals surface area contributed by atoms with Gasteiger partial charge in [0, 0.05) is 41.8 Å². The van der Waals surface area contributed by atoms with Crippen molar-refractivity contribution in [3.8, 4) is 0 Å². The minimum atomic E-state index is -0.502. The fraction of sp³-hybridized carbons (Fsp3) is 0.560. The monoisotopic (exact) mass is 515 g/mol. The van der Waals surface area contributed by atoms with Gasteiger partial charge >= 0.3 is 0 Å². The molecule has 1 saturated heterocycles. The summed E-state index contributed by atoms with van der Waals surface area (Å²) in [6.07, 6.45) is 2.73. The average molecular weight is 516 g/mol. The highest BCUT2D eigenvalue weighted by atomic mass is 79.9. The van der Waals surface area contributed by atoms with Crippen LogP contribution >= 0.6 is 15.9 Å². The maximum Gasteiger partial charge on any atom is 0.135 e. The summed E-state index contributed by atoms with van der Waals surface area (Å²) in [5, 5.41) is 14.1. The van der Waals surface area contributed by atoms with Crippen molar-refractivity contribution in [2.75, 3.05) is 31.1 Å². The van der Waals surface area contributed by atoms with E-state index in [9.17, 15) is 9.90 Å². The van der Waals surface area contributed by atoms with E-state index in [2.05, 4.69) is 68.7 Å². The number of aromatic nitrogens is 2. The van der Waals surface area contributed by atoms with Crippen molar-refractivity contribution < 1.29 is 9.90 Å². The number of aldehydes is 1. The van der Waals surface area contributed by atoms with Crippen LogP contribution in [0.4, 0.5) is 5.82 Å². The van der Waals surface area contributed by atoms with Crippen molar-refractivity contribution in [2.45, 2.75) is 63.8 Å². The second kappa shape index (κ2) is 9.78. The molecule has 0 saturated carbocycles. The first-order chi connectivity index (χ1) is 15.7. The highest BCUT2D eigenvalue weighted by molar-refractivity contribution is 9.10. The summed E-state index contributed by atoms with van der Waals surface area (Å²) in [7, 11) is 0. The molecule has 1 aliphatic carbocycles. The Hall–Kier alpha value is -1.87. The molecular weight excluding hydrogens is 482 g/mol. The lowest BCUT2D eigenvalue weighted by Gasteiger charge is -2.44. The van der Waals surface area contributed by atoms with Gasteiger partial charge in [-0.05, 0) is 50.8 Å². The van der Waals surface area contributed by atoms with Gasteiger partial charge in [0.05, 0.1) is 23.9 Å². The number of aliphatic hydroxyl groups is 1. The number of hydrogen-bond acceptors (Lipinski definition) is 7. The van der Waals surface area contributed by atoms with Gasteiger partial charge in [0.2, 0.25) is 0 Å². The second-order valence-electron chi connectivity index (χ2n) is 10.2. The molecule has 1 aromatic carbocycles. The lowest BCUT2D eigenvalue weighted by Crippen LogP contribution is -2.60. The van der Waals surface area contributed by atoms with Crippen molar-refractivity contribution >= 4 is 28.0 Å². The van der Waals surface area contributed by atoms with Crippen LogP contribution in [0.1, 0.15) is 68.9 Å². The molecule has 2 aliphatic rings. The number of anilines is 1. The fourth-order valence-electron chi connectivity index (χ4n) is 5.04. The second-order valence-corrected chi connectivity index (χ2v) is 11.1. The first-order valence-electron chi connectivity index (χ1n) is 11.7. The molecule has 4 rings (SSSR count). The Bertz CT molecular complexity index is 970. The topological polar surface area (TPSA) is 81.6 Å². The Morgan fingerprint density at radius 1 is 1.15 bits per heavy atom. The highest BCUT2D eigenvalue weighted by Gasteiger charge is 2.36. The highest BCUT2D eigenvalue weighted by Crippen LogP contribution is 2.42. The molecule has 1 aliphatic heterocycles. The smallest absolute Gasteiger partial charge is 0.135 e. The van der Waals surface area contributed by atoms with E-state index in [4.69, 9.17) is 0 Å². The first-order valence-corrected chi connectivity index (χ1v) is 12.5. The zero-order valence-electron chi connectivity index (χ0n) is 19.8. The first kappa shape index (κ1) is 24.3. The average Bonchev–Trinajstić information content (AvgIpc) is 3.08. The predicted molar refractivity (Wildman–Crippen MR) is 133 cm³/mol. The van der Waals surface area contributed by atoms with Gasteiger partial charge in [-0.1, -0.05) is 35.0 Å². The zero-order chi connectivity index (χ0) is 23.8. The maximum atomic E-state index is 12.3. The van der Waals surface area contributed by atoms with Crippen molar-refractivity contribution in [2.24, 2.45) is 0 Å². The normalized spacial score (nSPS) is 23.3. The van der Waals surface area contributed by atoms with Gasteiger partial charge in [0.1, 0.15) is 18.4 Å². The molecular formula is C25H34BrN5O2. The molecule has 7 nitrogen and oxygen atoms in total. The van der Waals surface area contributed by atoms with Gasteiger partial charge in [0.25, 0.3) is 0 Å². The van der Waals surface area contributed by atoms with E-state index in [0.29, 0.717) is 6.42 Å². The lowest BCUT2D eigenvalue weighted by molar-refractivity contribution is -0.111. The molecule has 2 heterocycles. The van der Waals surface area contributed by atoms with Crippen molar-refractivity contribution in [1.29, 1.82) is 0 Å². The Labute approximate surface area is 204 Å². The predicted octanol–water partition coefficient (Wildman–Crippen LogP) is 3.60. The van der Waals surface area contributed by atoms with Gasteiger partial charge < -0.3 is 14.8 Å². The van der Waals surface area contributed by atoms with E-state index in [0.717, 1.165) is 59.6 Å². The summed E-state index contributed by atoms with van der Waals surface area (Å²) in [6.45, 7) is 11.8. The molecule has 178 valence electrons. The van der Waals surface area contributed by atoms with Crippen LogP contribution in [-0.4, -0.2) is 64.1 Å². The third kappa shape index (κ3) is 5.29. The number of benzene rings is 1. The molecule has 8 heteroatoms. The van der Waals surface area contributed by atoms with E-state index in [1.807, 2.05) is 24.3 Å². The van der Waals surface area contributed by atoms with Crippen LogP contribution in [0.3, 0.4) is 0 Å². The number of halogens is 1. The fourth-order valence-corrected chi connectivity index (χ4v) is 5.30. The van der Waals surface area contributed by atoms with E-state index in [1.165, 1.54) is 0 Å². The van der Waals surface area contributed by atoms with Gasteiger partial charge in [-0.25, -0.2) is 9.97 Å². The van der Waals surface area contributed by atoms with Gasteiger partial charge in [-0.15, -0.1) is 0 Å². The number of nitrogens with zero attached hydrogens (tertiary/aromatic N) is 4. The van der Waals surface area contributed by atoms with Crippen molar-refractivity contribution in [3.05, 3.63) is 51.9 Å². The number of aliphatic hydroxyl groups excluding tert-OH is 1. The molecule has 2 N–H and O–H groups in total. The molecule has 1 fully saturated rings. The van der Waals surface area contributed by atoms with Crippen LogP contribution in [0.5, 0.6) is 0 Å². The summed E-state index contributed by atoms with van der Waals surface area (Å²) in [6, 6.07) is 8.02. The van der Waals surface area contributed by atoms with E-state index >= 15 is 0 Å². The Kier molecular flexibility index (Phi) is 7.19. The van der Waals surface area contributed by atoms with Crippen LogP contribution in [0, 0.1) is 0 Å². The summed E-state index contributed by atoms with van der Waals surface area (Å²) < 4.78 is 1.00. The molecule has 2 unspecified atom stereocenters. The standard InChI is InChI=1S/C25H34BrN5O2/c1-16-13-20(33)22-21(16)24(28-15-27-22)31-11-9-30(10-12-31)23(29-25(2,3)4)19(14-32)17-5-7-18(26)8-6-17/h5-8,14-16,19-20,23,29,33H,9-13H2,1-4H3/t16-,19?,20-,23?/m1/s1. The summed E-state index contributed by atoms with van der Waals surface area (Å²) in [4.78, 5) is 25.9. The SMILES string of the molecule is C[C@@H]1C[C@@H](O)c2ncnc(N3CCN(C(NC(C)(C)C)C(C=O)c4ccc(Br)cc4)CC3)c21. The number of fused-ring (bicyclic) bond motifs is 1. The number of hydrogen-bond donors (Lipinski definition) is 2. The molecule has 33 heavy (non-hydrogen) atoms. The van der Waals surface area contributed by atoms with Crippen molar-refractivity contribution in [3.63, 3.8) is 0 Å². The summed E-state index contributed by atoms with van der Waals surface area (Å²) >= 11 is 3.49. The largest absolute Gasteiger partial charge is 0.387 e. The Morgan fingerprint density at radius 2 is 1.82 bits per heavy atom. The maximum absolute atomic E-state index is 12.3. The molecule has 2 aromatic rings. The third-order valence-corrected chi connectivity index (χ3v) is 7.14. The van der Waals surface area contributed by atoms with E-state index in [1.54, 1.807) is 6.33 Å². The van der Waals surface area contributed by atoms with Crippen LogP contribution in [0.25, 0.3) is 0 Å². The Morgan fingerprint density at radius 3 is 2.42 bits per heavy atom. The van der Waals surface area contributed by atoms with Crippen LogP contribution in [0.15, 0.2) is 35.1 Å². The number of piperazine rings is 1. The number of nitrogens with one attached hydrogen (secondary N) is 1. The van der Waals surface area contributed by atoms with Crippen LogP contribution in [-0.2, 0) is 4.79 Å². The molecule has 0 radical (unpaired) electrons. The molecule has 0 spiro atoms. The molecule has 1 aromatic heterocycles. The van der Waals surface area contributed by atoms with Gasteiger partial charge in [0.15, 0.2) is 0 Å². The number of carbonyl (C=O) groups excluding carboxylic acids is 1. The molecule has 0 amide bonds. The summed E-state index contributed by atoms with van der Waals surface area (Å²) in [5.41, 5.74) is 2.73. The van der Waals surface area contributed by atoms with Crippen molar-refractivity contribution in [1.82, 2.24) is 20.2 Å². The minimum Gasteiger partial charge on any atom is -0.387 e. The van der Waals surface area contributed by atoms with Gasteiger partial charge in [-0.3, -0.25) is 10.2 Å². The summed E-state index contributed by atoms with van der Waals surface area (Å²) in [5.74, 6) is 0.919. The lowest BCUT2D eigenvalue weighted by atomic mass is 9.94. The molecule has 0 bridgehead atoms. The van der Waals surface area contributed by atoms with E-state index < -0.39 is 6.10 Å². The number of rotatable bonds is 6. The van der Waals surface area contributed by atoms with Crippen LogP contribution < -0.4 is 10.2 Å².